The minimum absolute atomic E-state index is 0.0186. The first-order valence-corrected chi connectivity index (χ1v) is 5.92. The molecule has 0 rings (SSSR count). The second-order valence-corrected chi connectivity index (χ2v) is 4.99. The summed E-state index contributed by atoms with van der Waals surface area (Å²) in [7, 11) is 0. The Morgan fingerprint density at radius 2 is 1.80 bits per heavy atom. The highest BCUT2D eigenvalue weighted by Gasteiger charge is 2.25. The SMILES string of the molecule is CCC(C)(CC)NC(=O)C(N)CC(C)C. The van der Waals surface area contributed by atoms with Crippen molar-refractivity contribution in [1.29, 1.82) is 0 Å². The van der Waals surface area contributed by atoms with Gasteiger partial charge in [-0.05, 0) is 32.1 Å². The Labute approximate surface area is 93.8 Å². The van der Waals surface area contributed by atoms with E-state index in [2.05, 4.69) is 39.9 Å². The van der Waals surface area contributed by atoms with E-state index < -0.39 is 0 Å². The Balaban J connectivity index is 4.22. The Kier molecular flexibility index (Phi) is 5.88. The summed E-state index contributed by atoms with van der Waals surface area (Å²) in [5, 5.41) is 3.03. The van der Waals surface area contributed by atoms with E-state index in [-0.39, 0.29) is 17.5 Å². The molecule has 0 aromatic rings. The van der Waals surface area contributed by atoms with Crippen LogP contribution in [-0.4, -0.2) is 17.5 Å². The summed E-state index contributed by atoms with van der Waals surface area (Å²) in [4.78, 5) is 11.8. The zero-order valence-electron chi connectivity index (χ0n) is 10.8. The molecule has 15 heavy (non-hydrogen) atoms. The van der Waals surface area contributed by atoms with Crippen LogP contribution in [0, 0.1) is 5.92 Å². The van der Waals surface area contributed by atoms with E-state index in [4.69, 9.17) is 5.73 Å². The van der Waals surface area contributed by atoms with Crippen LogP contribution in [0.15, 0.2) is 0 Å². The molecule has 0 fully saturated rings. The maximum absolute atomic E-state index is 11.8. The van der Waals surface area contributed by atoms with Gasteiger partial charge >= 0.3 is 0 Å². The summed E-state index contributed by atoms with van der Waals surface area (Å²) in [6.07, 6.45) is 2.61. The minimum Gasteiger partial charge on any atom is -0.350 e. The van der Waals surface area contributed by atoms with E-state index in [1.807, 2.05) is 0 Å². The van der Waals surface area contributed by atoms with Crippen molar-refractivity contribution in [3.05, 3.63) is 0 Å². The van der Waals surface area contributed by atoms with E-state index in [0.717, 1.165) is 19.3 Å². The van der Waals surface area contributed by atoms with Crippen LogP contribution in [0.1, 0.15) is 53.9 Å². The quantitative estimate of drug-likeness (QED) is 0.711. The molecule has 0 saturated carbocycles. The molecule has 0 aromatic carbocycles. The molecule has 0 heterocycles. The summed E-state index contributed by atoms with van der Waals surface area (Å²) < 4.78 is 0. The first-order valence-electron chi connectivity index (χ1n) is 5.92. The lowest BCUT2D eigenvalue weighted by atomic mass is 9.94. The summed E-state index contributed by atoms with van der Waals surface area (Å²) in [5.74, 6) is 0.440. The van der Waals surface area contributed by atoms with Gasteiger partial charge in [-0.25, -0.2) is 0 Å². The summed E-state index contributed by atoms with van der Waals surface area (Å²) in [6.45, 7) is 10.4. The highest BCUT2D eigenvalue weighted by molar-refractivity contribution is 5.82. The van der Waals surface area contributed by atoms with Crippen molar-refractivity contribution in [2.24, 2.45) is 11.7 Å². The number of nitrogens with one attached hydrogen (secondary N) is 1. The maximum Gasteiger partial charge on any atom is 0.237 e. The molecule has 0 bridgehead atoms. The number of hydrogen-bond acceptors (Lipinski definition) is 2. The van der Waals surface area contributed by atoms with Crippen molar-refractivity contribution >= 4 is 5.91 Å². The van der Waals surface area contributed by atoms with E-state index in [1.165, 1.54) is 0 Å². The number of amides is 1. The van der Waals surface area contributed by atoms with Crippen LogP contribution in [0.3, 0.4) is 0 Å². The van der Waals surface area contributed by atoms with Crippen LogP contribution in [0.25, 0.3) is 0 Å². The third-order valence-corrected chi connectivity index (χ3v) is 3.05. The normalized spacial score (nSPS) is 14.1. The van der Waals surface area contributed by atoms with Gasteiger partial charge in [0.15, 0.2) is 0 Å². The number of rotatable bonds is 6. The van der Waals surface area contributed by atoms with Crippen LogP contribution >= 0.6 is 0 Å². The van der Waals surface area contributed by atoms with Gasteiger partial charge in [0.1, 0.15) is 0 Å². The highest BCUT2D eigenvalue weighted by atomic mass is 16.2. The van der Waals surface area contributed by atoms with E-state index >= 15 is 0 Å². The third-order valence-electron chi connectivity index (χ3n) is 3.05. The lowest BCUT2D eigenvalue weighted by Gasteiger charge is -2.30. The van der Waals surface area contributed by atoms with Crippen molar-refractivity contribution in [1.82, 2.24) is 5.32 Å². The molecule has 1 unspecified atom stereocenters. The van der Waals surface area contributed by atoms with Gasteiger partial charge in [-0.15, -0.1) is 0 Å². The summed E-state index contributed by atoms with van der Waals surface area (Å²) >= 11 is 0. The molecule has 0 aliphatic carbocycles. The van der Waals surface area contributed by atoms with Gasteiger partial charge in [0.2, 0.25) is 5.91 Å². The summed E-state index contributed by atoms with van der Waals surface area (Å²) in [6, 6.07) is -0.373. The van der Waals surface area contributed by atoms with Gasteiger partial charge in [0, 0.05) is 5.54 Å². The molecule has 0 aliphatic heterocycles. The maximum atomic E-state index is 11.8. The fourth-order valence-corrected chi connectivity index (χ4v) is 1.43. The minimum atomic E-state index is -0.373. The van der Waals surface area contributed by atoms with Crippen LogP contribution in [0.5, 0.6) is 0 Å². The van der Waals surface area contributed by atoms with Gasteiger partial charge in [-0.1, -0.05) is 27.7 Å². The molecule has 0 aliphatic rings. The van der Waals surface area contributed by atoms with Crippen molar-refractivity contribution in [3.63, 3.8) is 0 Å². The zero-order chi connectivity index (χ0) is 12.1. The predicted molar refractivity (Wildman–Crippen MR) is 64.6 cm³/mol. The molecule has 0 spiro atoms. The lowest BCUT2D eigenvalue weighted by Crippen LogP contribution is -2.51. The van der Waals surface area contributed by atoms with Gasteiger partial charge in [-0.2, -0.15) is 0 Å². The third kappa shape index (κ3) is 5.17. The fraction of sp³-hybridized carbons (Fsp3) is 0.917. The standard InChI is InChI=1S/C12H26N2O/c1-6-12(5,7-2)14-11(15)10(13)8-9(3)4/h9-10H,6-8,13H2,1-5H3,(H,14,15). The first kappa shape index (κ1) is 14.4. The van der Waals surface area contributed by atoms with Crippen LogP contribution in [0.2, 0.25) is 0 Å². The Bertz CT molecular complexity index is 198. The highest BCUT2D eigenvalue weighted by Crippen LogP contribution is 2.14. The van der Waals surface area contributed by atoms with Crippen molar-refractivity contribution < 1.29 is 4.79 Å². The summed E-state index contributed by atoms with van der Waals surface area (Å²) in [5.41, 5.74) is 5.72. The number of carbonyl (C=O) groups excluding carboxylic acids is 1. The Hall–Kier alpha value is -0.570. The average molecular weight is 214 g/mol. The smallest absolute Gasteiger partial charge is 0.237 e. The second kappa shape index (κ2) is 6.11. The van der Waals surface area contributed by atoms with E-state index in [1.54, 1.807) is 0 Å². The average Bonchev–Trinajstić information content (AvgIpc) is 2.16. The monoisotopic (exact) mass is 214 g/mol. The lowest BCUT2D eigenvalue weighted by molar-refractivity contribution is -0.124. The van der Waals surface area contributed by atoms with Crippen LogP contribution in [-0.2, 0) is 4.79 Å². The topological polar surface area (TPSA) is 55.1 Å². The van der Waals surface area contributed by atoms with E-state index in [0.29, 0.717) is 5.92 Å². The fourth-order valence-electron chi connectivity index (χ4n) is 1.43. The van der Waals surface area contributed by atoms with Crippen LogP contribution < -0.4 is 11.1 Å². The molecule has 1 amide bonds. The molecule has 0 radical (unpaired) electrons. The Morgan fingerprint density at radius 1 is 1.33 bits per heavy atom. The predicted octanol–water partition coefficient (Wildman–Crippen LogP) is 2.05. The van der Waals surface area contributed by atoms with Gasteiger partial charge in [-0.3, -0.25) is 4.79 Å². The molecular weight excluding hydrogens is 188 g/mol. The number of carbonyl (C=O) groups is 1. The number of hydrogen-bond donors (Lipinski definition) is 2. The molecule has 0 aromatic heterocycles. The Morgan fingerprint density at radius 3 is 2.13 bits per heavy atom. The van der Waals surface area contributed by atoms with Gasteiger partial charge < -0.3 is 11.1 Å². The molecule has 3 N–H and O–H groups in total. The molecule has 0 saturated heterocycles. The first-order chi connectivity index (χ1) is 6.84. The zero-order valence-corrected chi connectivity index (χ0v) is 10.8. The molecular formula is C12H26N2O. The van der Waals surface area contributed by atoms with E-state index in [9.17, 15) is 4.79 Å². The van der Waals surface area contributed by atoms with Crippen LogP contribution in [0.4, 0.5) is 0 Å². The molecule has 3 nitrogen and oxygen atoms in total. The van der Waals surface area contributed by atoms with Crippen molar-refractivity contribution in [2.45, 2.75) is 65.5 Å². The molecule has 90 valence electrons. The van der Waals surface area contributed by atoms with Crippen molar-refractivity contribution in [2.75, 3.05) is 0 Å². The van der Waals surface area contributed by atoms with Gasteiger partial charge in [0.05, 0.1) is 6.04 Å². The molecule has 1 atom stereocenters. The number of nitrogens with two attached hydrogens (primary N) is 1. The second-order valence-electron chi connectivity index (χ2n) is 4.99. The largest absolute Gasteiger partial charge is 0.350 e. The van der Waals surface area contributed by atoms with Crippen molar-refractivity contribution in [3.8, 4) is 0 Å². The molecule has 3 heteroatoms. The van der Waals surface area contributed by atoms with Gasteiger partial charge in [0.25, 0.3) is 0 Å².